The lowest BCUT2D eigenvalue weighted by Gasteiger charge is -2.18. The summed E-state index contributed by atoms with van der Waals surface area (Å²) < 4.78 is 5.40. The molecule has 0 aliphatic carbocycles. The molecule has 1 amide bonds. The van der Waals surface area contributed by atoms with Crippen LogP contribution in [0.2, 0.25) is 0 Å². The normalized spacial score (nSPS) is 10.3. The van der Waals surface area contributed by atoms with Crippen LogP contribution in [0.25, 0.3) is 0 Å². The van der Waals surface area contributed by atoms with Gasteiger partial charge in [0.05, 0.1) is 6.61 Å². The maximum Gasteiger partial charge on any atom is 0.253 e. The molecule has 0 atom stereocenters. The molecule has 2 aromatic rings. The summed E-state index contributed by atoms with van der Waals surface area (Å²) in [6.07, 6.45) is 0. The van der Waals surface area contributed by atoms with E-state index in [0.29, 0.717) is 18.7 Å². The number of rotatable bonds is 6. The van der Waals surface area contributed by atoms with Gasteiger partial charge in [0.2, 0.25) is 0 Å². The van der Waals surface area contributed by atoms with Crippen LogP contribution in [-0.4, -0.2) is 38.6 Å². The van der Waals surface area contributed by atoms with Gasteiger partial charge in [0.15, 0.2) is 0 Å². The van der Waals surface area contributed by atoms with Gasteiger partial charge >= 0.3 is 0 Å². The van der Waals surface area contributed by atoms with E-state index in [0.717, 1.165) is 17.0 Å². The Morgan fingerprint density at radius 2 is 1.57 bits per heavy atom. The Hall–Kier alpha value is -2.49. The first-order valence-corrected chi connectivity index (χ1v) is 7.76. The van der Waals surface area contributed by atoms with E-state index in [1.807, 2.05) is 40.2 Å². The zero-order chi connectivity index (χ0) is 16.8. The molecule has 2 aromatic carbocycles. The minimum Gasteiger partial charge on any atom is -0.494 e. The van der Waals surface area contributed by atoms with E-state index in [-0.39, 0.29) is 5.91 Å². The van der Waals surface area contributed by atoms with Gasteiger partial charge in [-0.3, -0.25) is 4.79 Å². The third-order valence-corrected chi connectivity index (χ3v) is 3.63. The number of benzene rings is 2. The Kier molecular flexibility index (Phi) is 5.63. The van der Waals surface area contributed by atoms with E-state index in [9.17, 15) is 4.79 Å². The lowest BCUT2D eigenvalue weighted by Crippen LogP contribution is -2.26. The summed E-state index contributed by atoms with van der Waals surface area (Å²) in [5.41, 5.74) is 2.92. The number of carbonyl (C=O) groups excluding carboxylic acids is 1. The standard InChI is InChI=1S/C19H24N2O2/c1-5-23-18-12-8-16(9-13-18)19(22)21(4)14-15-6-10-17(11-7-15)20(2)3/h6-13H,5,14H2,1-4H3. The number of carbonyl (C=O) groups is 1. The number of hydrogen-bond donors (Lipinski definition) is 0. The summed E-state index contributed by atoms with van der Waals surface area (Å²) in [5.74, 6) is 0.788. The quantitative estimate of drug-likeness (QED) is 0.819. The molecular formula is C19H24N2O2. The summed E-state index contributed by atoms with van der Waals surface area (Å²) in [6, 6.07) is 15.5. The van der Waals surface area contributed by atoms with Crippen molar-refractivity contribution in [3.8, 4) is 5.75 Å². The van der Waals surface area contributed by atoms with E-state index in [4.69, 9.17) is 4.74 Å². The molecule has 0 heterocycles. The van der Waals surface area contributed by atoms with Crippen LogP contribution in [0.1, 0.15) is 22.8 Å². The van der Waals surface area contributed by atoms with E-state index in [1.165, 1.54) is 0 Å². The fraction of sp³-hybridized carbons (Fsp3) is 0.316. The van der Waals surface area contributed by atoms with Crippen LogP contribution in [-0.2, 0) is 6.54 Å². The first-order valence-electron chi connectivity index (χ1n) is 7.76. The molecule has 0 aliphatic heterocycles. The second-order valence-electron chi connectivity index (χ2n) is 5.68. The molecule has 0 radical (unpaired) electrons. The molecule has 0 saturated heterocycles. The van der Waals surface area contributed by atoms with Crippen molar-refractivity contribution in [3.63, 3.8) is 0 Å². The zero-order valence-electron chi connectivity index (χ0n) is 14.2. The molecule has 122 valence electrons. The Balaban J connectivity index is 2.01. The Bertz CT molecular complexity index is 633. The van der Waals surface area contributed by atoms with E-state index in [1.54, 1.807) is 17.0 Å². The second-order valence-corrected chi connectivity index (χ2v) is 5.68. The van der Waals surface area contributed by atoms with Crippen LogP contribution >= 0.6 is 0 Å². The predicted molar refractivity (Wildman–Crippen MR) is 94.2 cm³/mol. The molecule has 0 N–H and O–H groups in total. The van der Waals surface area contributed by atoms with Crippen molar-refractivity contribution in [1.82, 2.24) is 4.90 Å². The van der Waals surface area contributed by atoms with E-state index >= 15 is 0 Å². The van der Waals surface area contributed by atoms with Crippen LogP contribution in [0.5, 0.6) is 5.75 Å². The number of nitrogens with zero attached hydrogens (tertiary/aromatic N) is 2. The summed E-state index contributed by atoms with van der Waals surface area (Å²) in [5, 5.41) is 0. The average molecular weight is 312 g/mol. The summed E-state index contributed by atoms with van der Waals surface area (Å²) in [7, 11) is 5.84. The highest BCUT2D eigenvalue weighted by Crippen LogP contribution is 2.16. The molecule has 2 rings (SSSR count). The zero-order valence-corrected chi connectivity index (χ0v) is 14.2. The van der Waals surface area contributed by atoms with Crippen molar-refractivity contribution in [2.75, 3.05) is 32.6 Å². The van der Waals surface area contributed by atoms with Gasteiger partial charge in [0, 0.05) is 38.9 Å². The average Bonchev–Trinajstić information content (AvgIpc) is 2.55. The van der Waals surface area contributed by atoms with Crippen LogP contribution in [0, 0.1) is 0 Å². The third-order valence-electron chi connectivity index (χ3n) is 3.63. The largest absolute Gasteiger partial charge is 0.494 e. The monoisotopic (exact) mass is 312 g/mol. The smallest absolute Gasteiger partial charge is 0.253 e. The maximum absolute atomic E-state index is 12.5. The van der Waals surface area contributed by atoms with Crippen LogP contribution in [0.3, 0.4) is 0 Å². The molecule has 0 bridgehead atoms. The molecule has 0 fully saturated rings. The first kappa shape index (κ1) is 16.9. The van der Waals surface area contributed by atoms with Gasteiger partial charge in [-0.05, 0) is 48.9 Å². The maximum atomic E-state index is 12.5. The van der Waals surface area contributed by atoms with Crippen LogP contribution in [0.4, 0.5) is 5.69 Å². The third kappa shape index (κ3) is 4.49. The summed E-state index contributed by atoms with van der Waals surface area (Å²) in [4.78, 5) is 16.2. The molecule has 0 unspecified atom stereocenters. The van der Waals surface area contributed by atoms with Gasteiger partial charge in [-0.2, -0.15) is 0 Å². The van der Waals surface area contributed by atoms with Gasteiger partial charge in [-0.15, -0.1) is 0 Å². The van der Waals surface area contributed by atoms with Gasteiger partial charge in [0.25, 0.3) is 5.91 Å². The van der Waals surface area contributed by atoms with E-state index in [2.05, 4.69) is 29.2 Å². The summed E-state index contributed by atoms with van der Waals surface area (Å²) >= 11 is 0. The van der Waals surface area contributed by atoms with Crippen molar-refractivity contribution < 1.29 is 9.53 Å². The van der Waals surface area contributed by atoms with E-state index < -0.39 is 0 Å². The predicted octanol–water partition coefficient (Wildman–Crippen LogP) is 3.42. The van der Waals surface area contributed by atoms with Crippen molar-refractivity contribution in [2.45, 2.75) is 13.5 Å². The lowest BCUT2D eigenvalue weighted by atomic mass is 10.1. The molecule has 4 heteroatoms. The van der Waals surface area contributed by atoms with Gasteiger partial charge in [0.1, 0.15) is 5.75 Å². The molecule has 0 aromatic heterocycles. The number of amides is 1. The Labute approximate surface area is 138 Å². The molecule has 0 spiro atoms. The number of anilines is 1. The second kappa shape index (κ2) is 7.68. The minimum atomic E-state index is 0.00438. The van der Waals surface area contributed by atoms with Gasteiger partial charge < -0.3 is 14.5 Å². The van der Waals surface area contributed by atoms with Crippen molar-refractivity contribution in [3.05, 3.63) is 59.7 Å². The molecule has 0 aliphatic rings. The highest BCUT2D eigenvalue weighted by atomic mass is 16.5. The lowest BCUT2D eigenvalue weighted by molar-refractivity contribution is 0.0785. The molecular weight excluding hydrogens is 288 g/mol. The molecule has 0 saturated carbocycles. The fourth-order valence-electron chi connectivity index (χ4n) is 2.33. The SMILES string of the molecule is CCOc1ccc(C(=O)N(C)Cc2ccc(N(C)C)cc2)cc1. The van der Waals surface area contributed by atoms with Crippen molar-refractivity contribution in [2.24, 2.45) is 0 Å². The highest BCUT2D eigenvalue weighted by Gasteiger charge is 2.12. The minimum absolute atomic E-state index is 0.00438. The van der Waals surface area contributed by atoms with Crippen molar-refractivity contribution in [1.29, 1.82) is 0 Å². The Morgan fingerprint density at radius 3 is 2.09 bits per heavy atom. The van der Waals surface area contributed by atoms with Crippen LogP contribution in [0.15, 0.2) is 48.5 Å². The number of hydrogen-bond acceptors (Lipinski definition) is 3. The molecule has 4 nitrogen and oxygen atoms in total. The topological polar surface area (TPSA) is 32.8 Å². The first-order chi connectivity index (χ1) is 11.0. The highest BCUT2D eigenvalue weighted by molar-refractivity contribution is 5.94. The Morgan fingerprint density at radius 1 is 0.957 bits per heavy atom. The van der Waals surface area contributed by atoms with Gasteiger partial charge in [-0.25, -0.2) is 0 Å². The number of ether oxygens (including phenoxy) is 1. The fourth-order valence-corrected chi connectivity index (χ4v) is 2.33. The summed E-state index contributed by atoms with van der Waals surface area (Å²) in [6.45, 7) is 3.14. The van der Waals surface area contributed by atoms with Crippen LogP contribution < -0.4 is 9.64 Å². The van der Waals surface area contributed by atoms with Gasteiger partial charge in [-0.1, -0.05) is 12.1 Å². The van der Waals surface area contributed by atoms with Crippen molar-refractivity contribution >= 4 is 11.6 Å². The molecule has 23 heavy (non-hydrogen) atoms.